The van der Waals surface area contributed by atoms with Crippen LogP contribution in [0.1, 0.15) is 55.2 Å². The fourth-order valence-electron chi connectivity index (χ4n) is 2.73. The molecule has 128 valence electrons. The standard InChI is InChI=1S/C18H24N4O2/c1-11(2)9-15(10-23)19-18(24)14-7-5-13(6-8-14)17-20-16(21-22-17)12-3-4-12/h5-8,11-12,15,23H,3-4,9-10H2,1-2H3,(H,19,24)(H,20,21,22). The molecule has 0 saturated heterocycles. The number of hydrogen-bond donors (Lipinski definition) is 3. The molecule has 1 atom stereocenters. The molecule has 1 unspecified atom stereocenters. The van der Waals surface area contributed by atoms with Crippen LogP contribution in [0.4, 0.5) is 0 Å². The van der Waals surface area contributed by atoms with E-state index >= 15 is 0 Å². The van der Waals surface area contributed by atoms with Crippen molar-refractivity contribution in [2.24, 2.45) is 5.92 Å². The molecule has 6 nitrogen and oxygen atoms in total. The normalized spacial score (nSPS) is 15.5. The minimum absolute atomic E-state index is 0.0524. The second-order valence-electron chi connectivity index (χ2n) is 6.88. The Morgan fingerprint density at radius 2 is 2.04 bits per heavy atom. The summed E-state index contributed by atoms with van der Waals surface area (Å²) in [6.07, 6.45) is 3.10. The van der Waals surface area contributed by atoms with Gasteiger partial charge in [0, 0.05) is 17.0 Å². The molecule has 1 amide bonds. The van der Waals surface area contributed by atoms with E-state index in [-0.39, 0.29) is 18.6 Å². The van der Waals surface area contributed by atoms with Crippen LogP contribution >= 0.6 is 0 Å². The Kier molecular flexibility index (Phi) is 4.94. The van der Waals surface area contributed by atoms with Crippen molar-refractivity contribution in [3.8, 4) is 11.4 Å². The molecule has 1 saturated carbocycles. The predicted octanol–water partition coefficient (Wildman–Crippen LogP) is 2.49. The van der Waals surface area contributed by atoms with Crippen LogP contribution in [0.2, 0.25) is 0 Å². The summed E-state index contributed by atoms with van der Waals surface area (Å²) in [5.41, 5.74) is 1.45. The second kappa shape index (κ2) is 7.13. The van der Waals surface area contributed by atoms with Gasteiger partial charge in [-0.05, 0) is 37.3 Å². The van der Waals surface area contributed by atoms with Gasteiger partial charge in [-0.15, -0.1) is 0 Å². The van der Waals surface area contributed by atoms with E-state index in [4.69, 9.17) is 0 Å². The van der Waals surface area contributed by atoms with Crippen molar-refractivity contribution in [3.63, 3.8) is 0 Å². The zero-order valence-corrected chi connectivity index (χ0v) is 14.1. The molecule has 2 aromatic rings. The topological polar surface area (TPSA) is 90.9 Å². The Morgan fingerprint density at radius 1 is 1.33 bits per heavy atom. The highest BCUT2D eigenvalue weighted by atomic mass is 16.3. The Labute approximate surface area is 141 Å². The summed E-state index contributed by atoms with van der Waals surface area (Å²) in [4.78, 5) is 16.8. The zero-order valence-electron chi connectivity index (χ0n) is 14.1. The van der Waals surface area contributed by atoms with Crippen LogP contribution in [-0.4, -0.2) is 38.8 Å². The van der Waals surface area contributed by atoms with E-state index in [0.29, 0.717) is 23.2 Å². The third-order valence-electron chi connectivity index (χ3n) is 4.18. The smallest absolute Gasteiger partial charge is 0.251 e. The molecule has 0 spiro atoms. The lowest BCUT2D eigenvalue weighted by atomic mass is 10.0. The highest BCUT2D eigenvalue weighted by Crippen LogP contribution is 2.38. The van der Waals surface area contributed by atoms with E-state index in [1.807, 2.05) is 12.1 Å². The third-order valence-corrected chi connectivity index (χ3v) is 4.18. The number of nitrogens with zero attached hydrogens (tertiary/aromatic N) is 2. The molecule has 1 fully saturated rings. The number of carbonyl (C=O) groups is 1. The van der Waals surface area contributed by atoms with Crippen molar-refractivity contribution < 1.29 is 9.90 Å². The molecule has 24 heavy (non-hydrogen) atoms. The van der Waals surface area contributed by atoms with Gasteiger partial charge in [-0.25, -0.2) is 4.98 Å². The Balaban J connectivity index is 1.65. The van der Waals surface area contributed by atoms with Crippen molar-refractivity contribution in [3.05, 3.63) is 35.7 Å². The van der Waals surface area contributed by atoms with Gasteiger partial charge in [-0.3, -0.25) is 9.89 Å². The molecule has 6 heteroatoms. The zero-order chi connectivity index (χ0) is 17.1. The predicted molar refractivity (Wildman–Crippen MR) is 91.6 cm³/mol. The summed E-state index contributed by atoms with van der Waals surface area (Å²) in [6.45, 7) is 4.08. The van der Waals surface area contributed by atoms with Crippen LogP contribution in [0.5, 0.6) is 0 Å². The van der Waals surface area contributed by atoms with Gasteiger partial charge in [0.15, 0.2) is 5.82 Å². The van der Waals surface area contributed by atoms with Crippen LogP contribution in [0.15, 0.2) is 24.3 Å². The average Bonchev–Trinajstić information content (AvgIpc) is 3.31. The number of carbonyl (C=O) groups excluding carboxylic acids is 1. The molecular formula is C18H24N4O2. The molecule has 1 aliphatic rings. The van der Waals surface area contributed by atoms with Crippen molar-refractivity contribution in [1.29, 1.82) is 0 Å². The maximum absolute atomic E-state index is 12.3. The fraction of sp³-hybridized carbons (Fsp3) is 0.500. The van der Waals surface area contributed by atoms with E-state index in [0.717, 1.165) is 17.8 Å². The number of aliphatic hydroxyl groups excluding tert-OH is 1. The van der Waals surface area contributed by atoms with Gasteiger partial charge in [-0.1, -0.05) is 26.0 Å². The Bertz CT molecular complexity index is 689. The molecule has 1 aliphatic carbocycles. The van der Waals surface area contributed by atoms with Gasteiger partial charge in [-0.2, -0.15) is 5.10 Å². The number of aromatic nitrogens is 3. The highest BCUT2D eigenvalue weighted by molar-refractivity contribution is 5.94. The molecule has 0 aliphatic heterocycles. The second-order valence-corrected chi connectivity index (χ2v) is 6.88. The van der Waals surface area contributed by atoms with Crippen LogP contribution in [0.3, 0.4) is 0 Å². The maximum atomic E-state index is 12.3. The van der Waals surface area contributed by atoms with Crippen molar-refractivity contribution >= 4 is 5.91 Å². The van der Waals surface area contributed by atoms with Crippen LogP contribution < -0.4 is 5.32 Å². The Hall–Kier alpha value is -2.21. The molecule has 3 rings (SSSR count). The van der Waals surface area contributed by atoms with E-state index in [9.17, 15) is 9.90 Å². The summed E-state index contributed by atoms with van der Waals surface area (Å²) in [5, 5.41) is 19.5. The van der Waals surface area contributed by atoms with Gasteiger partial charge in [0.25, 0.3) is 5.91 Å². The quantitative estimate of drug-likeness (QED) is 0.728. The Morgan fingerprint density at radius 3 is 2.62 bits per heavy atom. The van der Waals surface area contributed by atoms with Crippen molar-refractivity contribution in [2.45, 2.75) is 45.1 Å². The number of rotatable bonds is 7. The van der Waals surface area contributed by atoms with Gasteiger partial charge >= 0.3 is 0 Å². The van der Waals surface area contributed by atoms with E-state index in [1.54, 1.807) is 12.1 Å². The summed E-state index contributed by atoms with van der Waals surface area (Å²) in [7, 11) is 0. The van der Waals surface area contributed by atoms with Crippen LogP contribution in [0.25, 0.3) is 11.4 Å². The number of benzene rings is 1. The SMILES string of the molecule is CC(C)CC(CO)NC(=O)c1ccc(-c2n[nH]c(C3CC3)n2)cc1. The molecule has 1 heterocycles. The van der Waals surface area contributed by atoms with Crippen LogP contribution in [-0.2, 0) is 0 Å². The fourth-order valence-corrected chi connectivity index (χ4v) is 2.73. The number of aromatic amines is 1. The van der Waals surface area contributed by atoms with Crippen LogP contribution in [0, 0.1) is 5.92 Å². The summed E-state index contributed by atoms with van der Waals surface area (Å²) >= 11 is 0. The summed E-state index contributed by atoms with van der Waals surface area (Å²) in [6, 6.07) is 7.02. The monoisotopic (exact) mass is 328 g/mol. The van der Waals surface area contributed by atoms with E-state index < -0.39 is 0 Å². The first-order chi connectivity index (χ1) is 11.6. The highest BCUT2D eigenvalue weighted by Gasteiger charge is 2.27. The minimum Gasteiger partial charge on any atom is -0.394 e. The number of H-pyrrole nitrogens is 1. The number of nitrogens with one attached hydrogen (secondary N) is 2. The van der Waals surface area contributed by atoms with Gasteiger partial charge < -0.3 is 10.4 Å². The first-order valence-corrected chi connectivity index (χ1v) is 8.51. The van der Waals surface area contributed by atoms with Gasteiger partial charge in [0.05, 0.1) is 12.6 Å². The molecule has 0 bridgehead atoms. The third kappa shape index (κ3) is 4.00. The summed E-state index contributed by atoms with van der Waals surface area (Å²) in [5.74, 6) is 2.39. The molecule has 1 aromatic heterocycles. The number of aliphatic hydroxyl groups is 1. The lowest BCUT2D eigenvalue weighted by Crippen LogP contribution is -2.38. The lowest BCUT2D eigenvalue weighted by molar-refractivity contribution is 0.0908. The molecular weight excluding hydrogens is 304 g/mol. The van der Waals surface area contributed by atoms with Gasteiger partial charge in [0.2, 0.25) is 0 Å². The van der Waals surface area contributed by atoms with Gasteiger partial charge in [0.1, 0.15) is 5.82 Å². The average molecular weight is 328 g/mol. The molecule has 0 radical (unpaired) electrons. The lowest BCUT2D eigenvalue weighted by Gasteiger charge is -2.18. The first-order valence-electron chi connectivity index (χ1n) is 8.51. The largest absolute Gasteiger partial charge is 0.394 e. The maximum Gasteiger partial charge on any atom is 0.251 e. The first kappa shape index (κ1) is 16.6. The van der Waals surface area contributed by atoms with Crippen molar-refractivity contribution in [1.82, 2.24) is 20.5 Å². The van der Waals surface area contributed by atoms with E-state index in [2.05, 4.69) is 34.3 Å². The number of hydrogen-bond acceptors (Lipinski definition) is 4. The molecule has 3 N–H and O–H groups in total. The van der Waals surface area contributed by atoms with Crippen molar-refractivity contribution in [2.75, 3.05) is 6.61 Å². The van der Waals surface area contributed by atoms with E-state index in [1.165, 1.54) is 12.8 Å². The summed E-state index contributed by atoms with van der Waals surface area (Å²) < 4.78 is 0. The molecule has 1 aromatic carbocycles. The number of amides is 1. The minimum atomic E-state index is -0.216.